The third-order valence-electron chi connectivity index (χ3n) is 7.08. The van der Waals surface area contributed by atoms with Crippen molar-refractivity contribution in [2.75, 3.05) is 4.90 Å². The Morgan fingerprint density at radius 2 is 1.70 bits per heavy atom. The smallest absolute Gasteiger partial charge is 0.283 e. The predicted molar refractivity (Wildman–Crippen MR) is 152 cm³/mol. The molecule has 2 aliphatic heterocycles. The van der Waals surface area contributed by atoms with Crippen molar-refractivity contribution < 1.29 is 24.1 Å². The van der Waals surface area contributed by atoms with Gasteiger partial charge in [-0.3, -0.25) is 44.8 Å². The summed E-state index contributed by atoms with van der Waals surface area (Å²) < 4.78 is 1.28. The summed E-state index contributed by atoms with van der Waals surface area (Å²) in [6.07, 6.45) is 4.62. The van der Waals surface area contributed by atoms with E-state index in [1.165, 1.54) is 34.4 Å². The van der Waals surface area contributed by atoms with Crippen LogP contribution in [0.3, 0.4) is 0 Å². The third kappa shape index (κ3) is 4.67. The summed E-state index contributed by atoms with van der Waals surface area (Å²) in [6.45, 7) is 0. The van der Waals surface area contributed by atoms with Crippen LogP contribution in [0.1, 0.15) is 31.2 Å². The highest BCUT2D eigenvalue weighted by Gasteiger charge is 2.48. The van der Waals surface area contributed by atoms with Gasteiger partial charge in [-0.1, -0.05) is 30.7 Å². The number of nitro benzene ring substituents is 1. The molecule has 3 aliphatic rings. The van der Waals surface area contributed by atoms with E-state index in [0.717, 1.165) is 42.1 Å². The monoisotopic (exact) mass is 593 g/mol. The highest BCUT2D eigenvalue weighted by atomic mass is 32.2. The van der Waals surface area contributed by atoms with Crippen LogP contribution >= 0.6 is 35.3 Å². The van der Waals surface area contributed by atoms with E-state index in [4.69, 9.17) is 12.2 Å². The van der Waals surface area contributed by atoms with Crippen LogP contribution in [0.25, 0.3) is 16.3 Å². The summed E-state index contributed by atoms with van der Waals surface area (Å²) in [5, 5.41) is 16.4. The number of amides is 4. The number of fused-ring (bicyclic) bond motifs is 2. The average molecular weight is 594 g/mol. The maximum absolute atomic E-state index is 13.0. The van der Waals surface area contributed by atoms with E-state index in [2.05, 4.69) is 15.6 Å². The first kappa shape index (κ1) is 26.2. The highest BCUT2D eigenvalue weighted by Crippen LogP contribution is 2.43. The Morgan fingerprint density at radius 1 is 1.02 bits per heavy atom. The largest absolute Gasteiger partial charge is 0.299 e. The fourth-order valence-corrected chi connectivity index (χ4v) is 7.54. The fraction of sp³-hybridized carbons (Fsp3) is 0.231. The fourth-order valence-electron chi connectivity index (χ4n) is 5.21. The lowest BCUT2D eigenvalue weighted by atomic mass is 9.81. The van der Waals surface area contributed by atoms with Crippen LogP contribution in [0.5, 0.6) is 0 Å². The van der Waals surface area contributed by atoms with Gasteiger partial charge in [0.15, 0.2) is 9.45 Å². The zero-order chi connectivity index (χ0) is 28.1. The van der Waals surface area contributed by atoms with Gasteiger partial charge < -0.3 is 0 Å². The maximum Gasteiger partial charge on any atom is 0.283 e. The quantitative estimate of drug-likeness (QED) is 0.112. The molecule has 2 atom stereocenters. The van der Waals surface area contributed by atoms with E-state index in [1.54, 1.807) is 24.3 Å². The summed E-state index contributed by atoms with van der Waals surface area (Å²) in [7, 11) is 0. The first-order valence-corrected chi connectivity index (χ1v) is 14.4. The first-order chi connectivity index (χ1) is 19.2. The van der Waals surface area contributed by atoms with Crippen LogP contribution in [-0.4, -0.2) is 38.6 Å². The topological polar surface area (TPSA) is 152 Å². The van der Waals surface area contributed by atoms with Crippen molar-refractivity contribution in [1.82, 2.24) is 15.6 Å². The molecule has 1 saturated carbocycles. The molecule has 2 N–H and O–H groups in total. The minimum absolute atomic E-state index is 0.107. The van der Waals surface area contributed by atoms with Gasteiger partial charge in [0.25, 0.3) is 17.5 Å². The number of anilines is 1. The molecule has 0 bridgehead atoms. The number of nitrogens with zero attached hydrogens (tertiary/aromatic N) is 3. The molecule has 3 heterocycles. The number of rotatable bonds is 5. The zero-order valence-corrected chi connectivity index (χ0v) is 23.0. The van der Waals surface area contributed by atoms with Gasteiger partial charge in [-0.2, -0.15) is 0 Å². The Morgan fingerprint density at radius 3 is 2.35 bits per heavy atom. The first-order valence-electron chi connectivity index (χ1n) is 12.3. The average Bonchev–Trinajstić information content (AvgIpc) is 3.43. The van der Waals surface area contributed by atoms with Crippen LogP contribution < -0.4 is 15.5 Å². The van der Waals surface area contributed by atoms with Gasteiger partial charge in [-0.15, -0.1) is 11.3 Å². The van der Waals surface area contributed by atoms with E-state index in [0.29, 0.717) is 26.0 Å². The van der Waals surface area contributed by atoms with Gasteiger partial charge in [0.2, 0.25) is 11.8 Å². The van der Waals surface area contributed by atoms with E-state index in [-0.39, 0.29) is 40.0 Å². The molecule has 2 saturated heterocycles. The number of benzene rings is 2. The number of nitro groups is 1. The van der Waals surface area contributed by atoms with Crippen molar-refractivity contribution in [2.24, 2.45) is 11.8 Å². The molecular formula is C26H19N5O6S3. The van der Waals surface area contributed by atoms with Crippen molar-refractivity contribution in [3.05, 3.63) is 57.6 Å². The van der Waals surface area contributed by atoms with E-state index < -0.39 is 16.7 Å². The van der Waals surface area contributed by atoms with Gasteiger partial charge in [-0.05, 0) is 61.0 Å². The Balaban J connectivity index is 1.27. The molecule has 6 rings (SSSR count). The third-order valence-corrected chi connectivity index (χ3v) is 9.43. The second-order valence-electron chi connectivity index (χ2n) is 9.52. The SMILES string of the molecule is O=C1NC(=S)NC(=O)C1=Cc1ccc(Sc2nc3ccc(N4C(=O)[C@H]5CCCC[C@@H]5C4=O)cc3s2)c([N+](=O)[O-])c1. The Hall–Kier alpha value is -4.01. The Labute approximate surface area is 240 Å². The molecule has 4 amide bonds. The lowest BCUT2D eigenvalue weighted by molar-refractivity contribution is -0.387. The van der Waals surface area contributed by atoms with Gasteiger partial charge in [0.05, 0.1) is 37.6 Å². The highest BCUT2D eigenvalue weighted by molar-refractivity contribution is 8.01. The molecule has 0 unspecified atom stereocenters. The van der Waals surface area contributed by atoms with Crippen LogP contribution in [0.2, 0.25) is 0 Å². The summed E-state index contributed by atoms with van der Waals surface area (Å²) in [4.78, 5) is 67.8. The van der Waals surface area contributed by atoms with Crippen molar-refractivity contribution >= 4 is 91.7 Å². The van der Waals surface area contributed by atoms with Gasteiger partial charge in [0.1, 0.15) is 5.57 Å². The van der Waals surface area contributed by atoms with Crippen LogP contribution in [0.4, 0.5) is 11.4 Å². The molecule has 3 fully saturated rings. The van der Waals surface area contributed by atoms with Gasteiger partial charge >= 0.3 is 0 Å². The molecule has 2 aromatic carbocycles. The number of thiocarbonyl (C=S) groups is 1. The molecule has 40 heavy (non-hydrogen) atoms. The summed E-state index contributed by atoms with van der Waals surface area (Å²) >= 11 is 7.18. The number of carbonyl (C=O) groups is 4. The number of hydrogen-bond acceptors (Lipinski definition) is 10. The van der Waals surface area contributed by atoms with E-state index in [1.807, 2.05) is 0 Å². The molecule has 11 nitrogen and oxygen atoms in total. The minimum atomic E-state index is -0.695. The molecule has 3 aromatic rings. The summed E-state index contributed by atoms with van der Waals surface area (Å²) in [5.74, 6) is -2.18. The lowest BCUT2D eigenvalue weighted by Crippen LogP contribution is -2.51. The maximum atomic E-state index is 13.0. The van der Waals surface area contributed by atoms with Crippen molar-refractivity contribution in [3.63, 3.8) is 0 Å². The number of hydrogen-bond donors (Lipinski definition) is 2. The van der Waals surface area contributed by atoms with Crippen LogP contribution in [0.15, 0.2) is 51.2 Å². The van der Waals surface area contributed by atoms with Crippen LogP contribution in [0, 0.1) is 22.0 Å². The summed E-state index contributed by atoms with van der Waals surface area (Å²) in [5.41, 5.74) is 1.00. The minimum Gasteiger partial charge on any atom is -0.299 e. The number of carbonyl (C=O) groups excluding carboxylic acids is 4. The molecule has 202 valence electrons. The number of nitrogens with one attached hydrogen (secondary N) is 2. The van der Waals surface area contributed by atoms with Crippen LogP contribution in [-0.2, 0) is 19.2 Å². The van der Waals surface area contributed by atoms with E-state index >= 15 is 0 Å². The number of aromatic nitrogens is 1. The normalized spacial score (nSPS) is 20.9. The molecule has 14 heteroatoms. The van der Waals surface area contributed by atoms with Crippen molar-refractivity contribution in [1.29, 1.82) is 0 Å². The van der Waals surface area contributed by atoms with Gasteiger partial charge in [0, 0.05) is 6.07 Å². The molecule has 0 radical (unpaired) electrons. The molecule has 1 aromatic heterocycles. The Kier molecular flexibility index (Phi) is 6.68. The van der Waals surface area contributed by atoms with Crippen molar-refractivity contribution in [3.8, 4) is 0 Å². The van der Waals surface area contributed by atoms with Crippen molar-refractivity contribution in [2.45, 2.75) is 34.9 Å². The van der Waals surface area contributed by atoms with E-state index in [9.17, 15) is 29.3 Å². The standard InChI is InChI=1S/C26H19N5O6S3/c32-21-16(22(33)29-25(38)28-21)9-12-5-8-19(18(10-12)31(36)37)39-26-27-17-7-6-13(11-20(17)40-26)30-23(34)14-3-1-2-4-15(14)24(30)35/h5-11,14-15H,1-4H2,(H2,28,29,32,33,38)/t14-,15-/m0/s1. The summed E-state index contributed by atoms with van der Waals surface area (Å²) in [6, 6.07) is 9.57. The Bertz CT molecular complexity index is 1650. The lowest BCUT2D eigenvalue weighted by Gasteiger charge is -2.19. The molecule has 1 aliphatic carbocycles. The molecule has 0 spiro atoms. The number of thiazole rings is 1. The van der Waals surface area contributed by atoms with Gasteiger partial charge in [-0.25, -0.2) is 4.98 Å². The predicted octanol–water partition coefficient (Wildman–Crippen LogP) is 3.95. The zero-order valence-electron chi connectivity index (χ0n) is 20.5. The molecular weight excluding hydrogens is 575 g/mol. The number of imide groups is 1. The second-order valence-corrected chi connectivity index (χ2v) is 12.3. The second kappa shape index (κ2) is 10.2.